The summed E-state index contributed by atoms with van der Waals surface area (Å²) in [4.78, 5) is 14.0. The van der Waals surface area contributed by atoms with Crippen LogP contribution in [-0.4, -0.2) is 30.6 Å². The lowest BCUT2D eigenvalue weighted by molar-refractivity contribution is -0.138. The minimum atomic E-state index is -0.518. The lowest BCUT2D eigenvalue weighted by Gasteiger charge is -2.13. The van der Waals surface area contributed by atoms with Crippen LogP contribution < -0.4 is 0 Å². The number of ether oxygens (including phenoxy) is 1. The fraction of sp³-hybridized carbons (Fsp3) is 0.760. The van der Waals surface area contributed by atoms with E-state index < -0.39 is 5.97 Å². The SMILES string of the molecule is CCCCCCCCCCCCCCCOC(=O)C(C#N)=CC=CN(CC)CC. The smallest absolute Gasteiger partial charge is 0.348 e. The molecule has 0 amide bonds. The van der Waals surface area contributed by atoms with E-state index in [2.05, 4.69) is 25.7 Å². The first-order valence-electron chi connectivity index (χ1n) is 11.9. The summed E-state index contributed by atoms with van der Waals surface area (Å²) in [5.74, 6) is -0.518. The van der Waals surface area contributed by atoms with Gasteiger partial charge in [0.15, 0.2) is 0 Å². The van der Waals surface area contributed by atoms with Crippen LogP contribution in [0.2, 0.25) is 0 Å². The maximum atomic E-state index is 11.9. The lowest BCUT2D eigenvalue weighted by atomic mass is 10.0. The topological polar surface area (TPSA) is 53.3 Å². The third-order valence-corrected chi connectivity index (χ3v) is 5.19. The maximum Gasteiger partial charge on any atom is 0.348 e. The van der Waals surface area contributed by atoms with Gasteiger partial charge in [-0.1, -0.05) is 84.0 Å². The Kier molecular flexibility index (Phi) is 19.7. The Hall–Kier alpha value is -1.76. The Morgan fingerprint density at radius 1 is 0.828 bits per heavy atom. The van der Waals surface area contributed by atoms with Crippen molar-refractivity contribution >= 4 is 5.97 Å². The molecule has 0 atom stereocenters. The zero-order valence-corrected chi connectivity index (χ0v) is 19.3. The van der Waals surface area contributed by atoms with Gasteiger partial charge >= 0.3 is 5.97 Å². The summed E-state index contributed by atoms with van der Waals surface area (Å²) in [7, 11) is 0. The second kappa shape index (κ2) is 21.0. The number of esters is 1. The molecule has 166 valence electrons. The van der Waals surface area contributed by atoms with Crippen LogP contribution in [0, 0.1) is 11.3 Å². The lowest BCUT2D eigenvalue weighted by Crippen LogP contribution is -2.15. The highest BCUT2D eigenvalue weighted by Crippen LogP contribution is 2.12. The Balaban J connectivity index is 3.66. The summed E-state index contributed by atoms with van der Waals surface area (Å²) in [6.45, 7) is 8.57. The van der Waals surface area contributed by atoms with Gasteiger partial charge in [0.2, 0.25) is 0 Å². The molecule has 0 heterocycles. The van der Waals surface area contributed by atoms with Gasteiger partial charge in [-0.05, 0) is 38.6 Å². The van der Waals surface area contributed by atoms with Crippen molar-refractivity contribution in [3.63, 3.8) is 0 Å². The molecule has 4 heteroatoms. The van der Waals surface area contributed by atoms with Crippen molar-refractivity contribution in [2.24, 2.45) is 0 Å². The first kappa shape index (κ1) is 27.2. The molecular weight excluding hydrogens is 360 g/mol. The van der Waals surface area contributed by atoms with Crippen molar-refractivity contribution in [3.8, 4) is 6.07 Å². The highest BCUT2D eigenvalue weighted by Gasteiger charge is 2.09. The average molecular weight is 405 g/mol. The van der Waals surface area contributed by atoms with Gasteiger partial charge in [-0.3, -0.25) is 0 Å². The van der Waals surface area contributed by atoms with Gasteiger partial charge in [0.1, 0.15) is 11.6 Å². The largest absolute Gasteiger partial charge is 0.462 e. The summed E-state index contributed by atoms with van der Waals surface area (Å²) in [6.07, 6.45) is 21.9. The molecule has 0 aromatic heterocycles. The number of carbonyl (C=O) groups is 1. The molecule has 0 saturated carbocycles. The Bertz CT molecular complexity index is 488. The van der Waals surface area contributed by atoms with Crippen LogP contribution >= 0.6 is 0 Å². The number of hydrogen-bond donors (Lipinski definition) is 0. The molecule has 0 fully saturated rings. The van der Waals surface area contributed by atoms with Gasteiger partial charge in [-0.2, -0.15) is 5.26 Å². The first-order valence-corrected chi connectivity index (χ1v) is 11.9. The van der Waals surface area contributed by atoms with Crippen molar-refractivity contribution < 1.29 is 9.53 Å². The molecule has 0 aliphatic carbocycles. The van der Waals surface area contributed by atoms with E-state index in [1.54, 1.807) is 6.08 Å². The minimum absolute atomic E-state index is 0.0584. The molecule has 29 heavy (non-hydrogen) atoms. The molecule has 0 spiro atoms. The summed E-state index contributed by atoms with van der Waals surface area (Å²) >= 11 is 0. The van der Waals surface area contributed by atoms with Crippen LogP contribution in [0.15, 0.2) is 23.9 Å². The fourth-order valence-corrected chi connectivity index (χ4v) is 3.21. The van der Waals surface area contributed by atoms with E-state index in [0.717, 1.165) is 25.9 Å². The van der Waals surface area contributed by atoms with Crippen LogP contribution in [0.25, 0.3) is 0 Å². The van der Waals surface area contributed by atoms with E-state index >= 15 is 0 Å². The molecule has 0 aliphatic rings. The second-order valence-electron chi connectivity index (χ2n) is 7.63. The normalized spacial score (nSPS) is 11.6. The molecule has 4 nitrogen and oxygen atoms in total. The van der Waals surface area contributed by atoms with Gasteiger partial charge in [0.05, 0.1) is 6.61 Å². The number of unbranched alkanes of at least 4 members (excludes halogenated alkanes) is 12. The Labute approximate surface area is 180 Å². The average Bonchev–Trinajstić information content (AvgIpc) is 2.74. The van der Waals surface area contributed by atoms with E-state index in [0.29, 0.717) is 6.61 Å². The summed E-state index contributed by atoms with van der Waals surface area (Å²) in [5, 5.41) is 9.12. The number of carbonyl (C=O) groups excluding carboxylic acids is 1. The highest BCUT2D eigenvalue weighted by molar-refractivity contribution is 5.93. The van der Waals surface area contributed by atoms with Crippen molar-refractivity contribution in [3.05, 3.63) is 23.9 Å². The summed E-state index contributed by atoms with van der Waals surface area (Å²) in [5.41, 5.74) is 0.0584. The minimum Gasteiger partial charge on any atom is -0.462 e. The van der Waals surface area contributed by atoms with Crippen molar-refractivity contribution in [2.45, 2.75) is 104 Å². The number of nitrogens with zero attached hydrogens (tertiary/aromatic N) is 2. The van der Waals surface area contributed by atoms with Crippen molar-refractivity contribution in [2.75, 3.05) is 19.7 Å². The number of nitriles is 1. The third kappa shape index (κ3) is 16.9. The molecule has 0 aromatic rings. The molecule has 0 rings (SSSR count). The van der Waals surface area contributed by atoms with E-state index in [9.17, 15) is 4.79 Å². The molecule has 0 aliphatic heterocycles. The van der Waals surface area contributed by atoms with E-state index in [1.807, 2.05) is 12.3 Å². The van der Waals surface area contributed by atoms with Gasteiger partial charge < -0.3 is 9.64 Å². The van der Waals surface area contributed by atoms with Gasteiger partial charge in [-0.15, -0.1) is 0 Å². The van der Waals surface area contributed by atoms with Gasteiger partial charge in [0, 0.05) is 13.1 Å². The standard InChI is InChI=1S/C25H44N2O2/c1-4-7-8-9-10-11-12-13-14-15-16-17-18-22-29-25(28)24(23-26)20-19-21-27(5-2)6-3/h19-21H,4-18,22H2,1-3H3. The Morgan fingerprint density at radius 3 is 1.76 bits per heavy atom. The van der Waals surface area contributed by atoms with Gasteiger partial charge in [-0.25, -0.2) is 4.79 Å². The number of hydrogen-bond acceptors (Lipinski definition) is 4. The number of allylic oxidation sites excluding steroid dienone is 2. The van der Waals surface area contributed by atoms with Crippen LogP contribution in [0.1, 0.15) is 104 Å². The molecular formula is C25H44N2O2. The summed E-state index contributed by atoms with van der Waals surface area (Å²) < 4.78 is 5.23. The van der Waals surface area contributed by atoms with E-state index in [4.69, 9.17) is 10.00 Å². The fourth-order valence-electron chi connectivity index (χ4n) is 3.21. The van der Waals surface area contributed by atoms with Crippen molar-refractivity contribution in [1.29, 1.82) is 5.26 Å². The van der Waals surface area contributed by atoms with E-state index in [1.165, 1.54) is 76.7 Å². The predicted molar refractivity (Wildman–Crippen MR) is 122 cm³/mol. The number of rotatable bonds is 19. The maximum absolute atomic E-state index is 11.9. The monoisotopic (exact) mass is 404 g/mol. The molecule has 0 radical (unpaired) electrons. The van der Waals surface area contributed by atoms with Crippen LogP contribution in [-0.2, 0) is 9.53 Å². The molecule has 0 unspecified atom stereocenters. The van der Waals surface area contributed by atoms with Crippen LogP contribution in [0.4, 0.5) is 0 Å². The Morgan fingerprint density at radius 2 is 1.31 bits per heavy atom. The van der Waals surface area contributed by atoms with Crippen LogP contribution in [0.3, 0.4) is 0 Å². The van der Waals surface area contributed by atoms with E-state index in [-0.39, 0.29) is 5.57 Å². The molecule has 0 bridgehead atoms. The van der Waals surface area contributed by atoms with Crippen molar-refractivity contribution in [1.82, 2.24) is 4.90 Å². The molecule has 0 saturated heterocycles. The molecule has 0 N–H and O–H groups in total. The zero-order chi connectivity index (χ0) is 21.6. The predicted octanol–water partition coefficient (Wildman–Crippen LogP) is 6.93. The van der Waals surface area contributed by atoms with Gasteiger partial charge in [0.25, 0.3) is 0 Å². The third-order valence-electron chi connectivity index (χ3n) is 5.19. The summed E-state index contributed by atoms with van der Waals surface area (Å²) in [6, 6.07) is 1.93. The highest BCUT2D eigenvalue weighted by atomic mass is 16.5. The zero-order valence-electron chi connectivity index (χ0n) is 19.3. The molecule has 0 aromatic carbocycles. The van der Waals surface area contributed by atoms with Crippen LogP contribution in [0.5, 0.6) is 0 Å². The second-order valence-corrected chi connectivity index (χ2v) is 7.63. The first-order chi connectivity index (χ1) is 14.2. The quantitative estimate of drug-likeness (QED) is 0.0770.